The fourth-order valence-electron chi connectivity index (χ4n) is 5.05. The number of rotatable bonds is 3. The second-order valence-corrected chi connectivity index (χ2v) is 7.69. The maximum absolute atomic E-state index is 11.8. The number of fused-ring (bicyclic) bond motifs is 3. The summed E-state index contributed by atoms with van der Waals surface area (Å²) in [6, 6.07) is 4.01. The van der Waals surface area contributed by atoms with Crippen LogP contribution in [0.5, 0.6) is 0 Å². The fraction of sp³-hybridized carbons (Fsp3) is 0.571. The minimum atomic E-state index is -0.328. The van der Waals surface area contributed by atoms with Gasteiger partial charge in [-0.2, -0.15) is 0 Å². The highest BCUT2D eigenvalue weighted by molar-refractivity contribution is 5.99. The average molecular weight is 340 g/mol. The van der Waals surface area contributed by atoms with Crippen molar-refractivity contribution in [2.45, 2.75) is 45.4 Å². The number of hydrogen-bond acceptors (Lipinski definition) is 2. The normalized spacial score (nSPS) is 21.4. The lowest BCUT2D eigenvalue weighted by Crippen LogP contribution is -2.28. The van der Waals surface area contributed by atoms with Gasteiger partial charge in [0, 0.05) is 36.9 Å². The van der Waals surface area contributed by atoms with Crippen LogP contribution in [0.3, 0.4) is 0 Å². The van der Waals surface area contributed by atoms with Gasteiger partial charge in [-0.25, -0.2) is 0 Å². The van der Waals surface area contributed by atoms with E-state index in [9.17, 15) is 4.79 Å². The van der Waals surface area contributed by atoms with Crippen LogP contribution in [0, 0.1) is 11.8 Å². The molecule has 25 heavy (non-hydrogen) atoms. The summed E-state index contributed by atoms with van der Waals surface area (Å²) >= 11 is 0. The van der Waals surface area contributed by atoms with E-state index in [0.29, 0.717) is 5.56 Å². The lowest BCUT2D eigenvalue weighted by atomic mass is 9.75. The van der Waals surface area contributed by atoms with Crippen molar-refractivity contribution >= 4 is 16.8 Å². The molecule has 0 spiro atoms. The van der Waals surface area contributed by atoms with Gasteiger partial charge < -0.3 is 15.0 Å². The zero-order valence-corrected chi connectivity index (χ0v) is 15.3. The number of aromatic nitrogens is 1. The van der Waals surface area contributed by atoms with Gasteiger partial charge in [0.05, 0.1) is 5.52 Å². The van der Waals surface area contributed by atoms with Gasteiger partial charge in [-0.05, 0) is 73.6 Å². The van der Waals surface area contributed by atoms with Crippen LogP contribution in [-0.4, -0.2) is 23.7 Å². The molecule has 4 rings (SSSR count). The van der Waals surface area contributed by atoms with E-state index >= 15 is 0 Å². The number of carbonyl (C=O) groups excluding carboxylic acids is 1. The Morgan fingerprint density at radius 3 is 2.68 bits per heavy atom. The molecule has 0 bridgehead atoms. The third kappa shape index (κ3) is 2.77. The zero-order chi connectivity index (χ0) is 17.6. The Hall–Kier alpha value is -1.81. The second kappa shape index (κ2) is 6.49. The van der Waals surface area contributed by atoms with Crippen molar-refractivity contribution < 1.29 is 9.53 Å². The van der Waals surface area contributed by atoms with Gasteiger partial charge in [0.1, 0.15) is 0 Å². The number of amides is 1. The lowest BCUT2D eigenvalue weighted by molar-refractivity contribution is 0.0439. The highest BCUT2D eigenvalue weighted by Crippen LogP contribution is 2.40. The molecule has 2 heterocycles. The van der Waals surface area contributed by atoms with Crippen LogP contribution in [0.2, 0.25) is 0 Å². The summed E-state index contributed by atoms with van der Waals surface area (Å²) < 4.78 is 7.92. The van der Waals surface area contributed by atoms with E-state index in [4.69, 9.17) is 10.5 Å². The highest BCUT2D eigenvalue weighted by Gasteiger charge is 2.31. The molecule has 134 valence electrons. The standard InChI is InChI=1S/C21H28N2O2/c1-3-13-10-16(21(22)24)12-18-17-11-15(14-6-8-25-9-7-14)4-5-19(17)23(2)20(13)18/h10,12,14-15H,3-9,11H2,1-2H3,(H2,22,24). The van der Waals surface area contributed by atoms with Crippen molar-refractivity contribution in [1.29, 1.82) is 0 Å². The molecule has 1 aliphatic heterocycles. The van der Waals surface area contributed by atoms with Crippen LogP contribution >= 0.6 is 0 Å². The number of benzene rings is 1. The third-order valence-corrected chi connectivity index (χ3v) is 6.42. The molecule has 4 heteroatoms. The minimum Gasteiger partial charge on any atom is -0.381 e. The third-order valence-electron chi connectivity index (χ3n) is 6.42. The molecule has 1 aromatic carbocycles. The minimum absolute atomic E-state index is 0.328. The molecule has 0 radical (unpaired) electrons. The predicted molar refractivity (Wildman–Crippen MR) is 99.9 cm³/mol. The topological polar surface area (TPSA) is 57.2 Å². The van der Waals surface area contributed by atoms with Gasteiger partial charge in [0.25, 0.3) is 0 Å². The molecule has 1 aromatic heterocycles. The van der Waals surface area contributed by atoms with Crippen LogP contribution in [0.4, 0.5) is 0 Å². The van der Waals surface area contributed by atoms with Crippen molar-refractivity contribution in [2.75, 3.05) is 13.2 Å². The van der Waals surface area contributed by atoms with Crippen molar-refractivity contribution in [3.8, 4) is 0 Å². The first-order valence-electron chi connectivity index (χ1n) is 9.60. The van der Waals surface area contributed by atoms with Gasteiger partial charge in [0.15, 0.2) is 0 Å². The first-order chi connectivity index (χ1) is 12.1. The monoisotopic (exact) mass is 340 g/mol. The van der Waals surface area contributed by atoms with E-state index in [-0.39, 0.29) is 5.91 Å². The number of aryl methyl sites for hydroxylation is 2. The lowest BCUT2D eigenvalue weighted by Gasteiger charge is -2.33. The highest BCUT2D eigenvalue weighted by atomic mass is 16.5. The van der Waals surface area contributed by atoms with E-state index in [1.165, 1.54) is 47.0 Å². The van der Waals surface area contributed by atoms with Crippen molar-refractivity contribution in [1.82, 2.24) is 4.57 Å². The van der Waals surface area contributed by atoms with Gasteiger partial charge >= 0.3 is 0 Å². The Morgan fingerprint density at radius 2 is 2.00 bits per heavy atom. The molecular weight excluding hydrogens is 312 g/mol. The molecule has 1 atom stereocenters. The van der Waals surface area contributed by atoms with Crippen molar-refractivity contribution in [3.63, 3.8) is 0 Å². The van der Waals surface area contributed by atoms with Gasteiger partial charge in [-0.1, -0.05) is 6.92 Å². The summed E-state index contributed by atoms with van der Waals surface area (Å²) in [6.07, 6.45) is 6.83. The Morgan fingerprint density at radius 1 is 1.24 bits per heavy atom. The number of ether oxygens (including phenoxy) is 1. The van der Waals surface area contributed by atoms with E-state index in [0.717, 1.165) is 44.3 Å². The number of hydrogen-bond donors (Lipinski definition) is 1. The summed E-state index contributed by atoms with van der Waals surface area (Å²) in [4.78, 5) is 11.8. The van der Waals surface area contributed by atoms with Gasteiger partial charge in [-0.3, -0.25) is 4.79 Å². The molecule has 1 unspecified atom stereocenters. The summed E-state index contributed by atoms with van der Waals surface area (Å²) in [7, 11) is 2.18. The average Bonchev–Trinajstić information content (AvgIpc) is 2.94. The summed E-state index contributed by atoms with van der Waals surface area (Å²) in [5.41, 5.74) is 11.7. The summed E-state index contributed by atoms with van der Waals surface area (Å²) in [6.45, 7) is 3.97. The Kier molecular flexibility index (Phi) is 4.32. The fourth-order valence-corrected chi connectivity index (χ4v) is 5.05. The smallest absolute Gasteiger partial charge is 0.248 e. The first kappa shape index (κ1) is 16.6. The Bertz CT molecular complexity index is 815. The van der Waals surface area contributed by atoms with E-state index in [1.54, 1.807) is 0 Å². The number of carbonyl (C=O) groups is 1. The van der Waals surface area contributed by atoms with Crippen LogP contribution in [0.1, 0.15) is 53.4 Å². The van der Waals surface area contributed by atoms with Crippen molar-refractivity contribution in [2.24, 2.45) is 24.6 Å². The van der Waals surface area contributed by atoms with Crippen molar-refractivity contribution in [3.05, 3.63) is 34.5 Å². The molecule has 1 aliphatic carbocycles. The van der Waals surface area contributed by atoms with Crippen LogP contribution in [-0.2, 0) is 31.0 Å². The first-order valence-corrected chi connectivity index (χ1v) is 9.60. The molecule has 4 nitrogen and oxygen atoms in total. The molecule has 1 amide bonds. The second-order valence-electron chi connectivity index (χ2n) is 7.69. The zero-order valence-electron chi connectivity index (χ0n) is 15.3. The molecule has 2 aromatic rings. The molecule has 2 aliphatic rings. The number of primary amides is 1. The maximum atomic E-state index is 11.8. The molecule has 2 N–H and O–H groups in total. The van der Waals surface area contributed by atoms with E-state index in [2.05, 4.69) is 18.5 Å². The number of nitrogens with two attached hydrogens (primary N) is 1. The van der Waals surface area contributed by atoms with E-state index in [1.807, 2.05) is 12.1 Å². The quantitative estimate of drug-likeness (QED) is 0.931. The van der Waals surface area contributed by atoms with E-state index < -0.39 is 0 Å². The van der Waals surface area contributed by atoms with Gasteiger partial charge in [-0.15, -0.1) is 0 Å². The maximum Gasteiger partial charge on any atom is 0.248 e. The number of nitrogens with zero attached hydrogens (tertiary/aromatic N) is 1. The molecular formula is C21H28N2O2. The Balaban J connectivity index is 1.80. The summed E-state index contributed by atoms with van der Waals surface area (Å²) in [5, 5.41) is 1.25. The predicted octanol–water partition coefficient (Wildman–Crippen LogP) is 3.37. The van der Waals surface area contributed by atoms with Crippen LogP contribution in [0.25, 0.3) is 10.9 Å². The summed E-state index contributed by atoms with van der Waals surface area (Å²) in [5.74, 6) is 1.19. The van der Waals surface area contributed by atoms with Gasteiger partial charge in [0.2, 0.25) is 5.91 Å². The Labute approximate surface area is 149 Å². The molecule has 0 saturated carbocycles. The molecule has 1 fully saturated rings. The van der Waals surface area contributed by atoms with Crippen LogP contribution < -0.4 is 5.73 Å². The largest absolute Gasteiger partial charge is 0.381 e. The van der Waals surface area contributed by atoms with Crippen LogP contribution in [0.15, 0.2) is 12.1 Å². The SMILES string of the molecule is CCc1cc(C(N)=O)cc2c3c(n(C)c12)CCC(C1CCOCC1)C3. The molecule has 1 saturated heterocycles.